The number of aromatic amines is 1. The summed E-state index contributed by atoms with van der Waals surface area (Å²) in [4.78, 5) is 30.5. The Kier molecular flexibility index (Phi) is 5.67. The van der Waals surface area contributed by atoms with Crippen molar-refractivity contribution < 1.29 is 13.9 Å². The Bertz CT molecular complexity index is 1160. The fourth-order valence-electron chi connectivity index (χ4n) is 3.64. The van der Waals surface area contributed by atoms with Gasteiger partial charge in [-0.2, -0.15) is 0 Å². The van der Waals surface area contributed by atoms with E-state index in [4.69, 9.17) is 0 Å². The highest BCUT2D eigenvalue weighted by atomic mass is 32.2. The maximum absolute atomic E-state index is 14.9. The minimum atomic E-state index is -0.896. The number of nitrogens with one attached hydrogen (secondary N) is 1. The van der Waals surface area contributed by atoms with Crippen LogP contribution in [-0.2, 0) is 4.79 Å². The van der Waals surface area contributed by atoms with Gasteiger partial charge in [0.05, 0.1) is 16.8 Å². The minimum Gasteiger partial charge on any atom is -0.291 e. The lowest BCUT2D eigenvalue weighted by atomic mass is 10.0. The smallest absolute Gasteiger partial charge is 0.291 e. The number of halogens is 1. The van der Waals surface area contributed by atoms with Crippen LogP contribution in [0.15, 0.2) is 58.5 Å². The number of nitrogens with zero attached hydrogens (tertiary/aromatic N) is 3. The zero-order chi connectivity index (χ0) is 21.3. The summed E-state index contributed by atoms with van der Waals surface area (Å²) in [6.07, 6.45) is 0.248. The van der Waals surface area contributed by atoms with Gasteiger partial charge in [-0.05, 0) is 35.4 Å². The fraction of sp³-hybridized carbons (Fsp3) is 0.273. The van der Waals surface area contributed by atoms with E-state index < -0.39 is 12.0 Å². The SMILES string of the molecule is CCCSc1n[n+]2c(c(=O)[nH]1)-c1ccccc1N(C(=O)CC)[C@H]2c1ccccc1F. The number of fused-ring (bicyclic) bond motifs is 3. The fourth-order valence-corrected chi connectivity index (χ4v) is 4.35. The number of benzene rings is 2. The highest BCUT2D eigenvalue weighted by molar-refractivity contribution is 7.99. The predicted molar refractivity (Wildman–Crippen MR) is 114 cm³/mol. The van der Waals surface area contributed by atoms with E-state index in [1.807, 2.05) is 6.92 Å². The third-order valence-corrected chi connectivity index (χ3v) is 6.03. The Balaban J connectivity index is 2.05. The summed E-state index contributed by atoms with van der Waals surface area (Å²) in [7, 11) is 0. The number of aromatic nitrogens is 3. The molecule has 4 rings (SSSR count). The normalized spacial score (nSPS) is 14.9. The molecule has 1 amide bonds. The van der Waals surface area contributed by atoms with Crippen LogP contribution >= 0.6 is 11.8 Å². The Hall–Kier alpha value is -3.00. The van der Waals surface area contributed by atoms with Crippen LogP contribution < -0.4 is 15.1 Å². The number of amides is 1. The first kappa shape index (κ1) is 20.3. The van der Waals surface area contributed by atoms with Gasteiger partial charge in [-0.3, -0.25) is 14.6 Å². The van der Waals surface area contributed by atoms with E-state index >= 15 is 0 Å². The summed E-state index contributed by atoms with van der Waals surface area (Å²) in [6.45, 7) is 3.80. The summed E-state index contributed by atoms with van der Waals surface area (Å²) >= 11 is 1.42. The van der Waals surface area contributed by atoms with E-state index in [-0.39, 0.29) is 23.5 Å². The number of carbonyl (C=O) groups excluding carboxylic acids is 1. The van der Waals surface area contributed by atoms with Crippen molar-refractivity contribution in [2.75, 3.05) is 10.7 Å². The Morgan fingerprint density at radius 2 is 1.93 bits per heavy atom. The number of anilines is 1. The lowest BCUT2D eigenvalue weighted by Crippen LogP contribution is -2.61. The predicted octanol–water partition coefficient (Wildman–Crippen LogP) is 3.67. The standard InChI is InChI=1S/C22H21FN4O2S/c1-3-13-30-22-24-20(29)19-15-10-6-8-12-17(15)26(18(28)4-2)21(27(19)25-22)14-9-5-7-11-16(14)23/h5-12,21H,3-4,13H2,1-2H3/p+1/t21-/m1/s1. The number of hydrogen-bond acceptors (Lipinski definition) is 4. The van der Waals surface area contributed by atoms with Gasteiger partial charge in [0, 0.05) is 17.3 Å². The maximum Gasteiger partial charge on any atom is 0.325 e. The van der Waals surface area contributed by atoms with E-state index in [1.54, 1.807) is 54.3 Å². The lowest BCUT2D eigenvalue weighted by Gasteiger charge is -2.32. The molecule has 0 aliphatic carbocycles. The molecule has 0 saturated carbocycles. The molecule has 6 nitrogen and oxygen atoms in total. The van der Waals surface area contributed by atoms with E-state index in [2.05, 4.69) is 10.1 Å². The molecular formula is C22H22FN4O2S+. The van der Waals surface area contributed by atoms with Gasteiger partial charge in [-0.1, -0.05) is 49.9 Å². The number of thioether (sulfide) groups is 1. The highest BCUT2D eigenvalue weighted by Crippen LogP contribution is 2.38. The molecule has 1 atom stereocenters. The summed E-state index contributed by atoms with van der Waals surface area (Å²) in [5.41, 5.74) is 1.43. The first-order valence-corrected chi connectivity index (χ1v) is 10.9. The molecule has 0 saturated heterocycles. The van der Waals surface area contributed by atoms with Crippen LogP contribution in [0.1, 0.15) is 38.4 Å². The van der Waals surface area contributed by atoms with E-state index in [0.717, 1.165) is 12.2 Å². The van der Waals surface area contributed by atoms with Crippen LogP contribution in [0.25, 0.3) is 11.3 Å². The molecule has 1 aliphatic heterocycles. The highest BCUT2D eigenvalue weighted by Gasteiger charge is 2.46. The molecule has 1 N–H and O–H groups in total. The molecule has 0 bridgehead atoms. The second-order valence-corrected chi connectivity index (χ2v) is 8.01. The van der Waals surface area contributed by atoms with Crippen LogP contribution in [0.4, 0.5) is 10.1 Å². The molecule has 3 aromatic rings. The van der Waals surface area contributed by atoms with Crippen molar-refractivity contribution in [3.63, 3.8) is 0 Å². The van der Waals surface area contributed by atoms with E-state index in [0.29, 0.717) is 22.1 Å². The quantitative estimate of drug-likeness (QED) is 0.500. The first-order chi connectivity index (χ1) is 14.6. The minimum absolute atomic E-state index is 0.182. The van der Waals surface area contributed by atoms with Gasteiger partial charge in [0.15, 0.2) is 0 Å². The summed E-state index contributed by atoms with van der Waals surface area (Å²) < 4.78 is 16.4. The molecule has 0 fully saturated rings. The molecule has 8 heteroatoms. The third-order valence-electron chi connectivity index (χ3n) is 4.96. The van der Waals surface area contributed by atoms with Crippen molar-refractivity contribution in [3.8, 4) is 11.3 Å². The number of rotatable bonds is 5. The molecule has 0 radical (unpaired) electrons. The molecular weight excluding hydrogens is 403 g/mol. The average Bonchev–Trinajstić information content (AvgIpc) is 2.76. The van der Waals surface area contributed by atoms with Gasteiger partial charge in [0.25, 0.3) is 6.17 Å². The van der Waals surface area contributed by atoms with E-state index in [1.165, 1.54) is 22.5 Å². The Morgan fingerprint density at radius 1 is 1.20 bits per heavy atom. The first-order valence-electron chi connectivity index (χ1n) is 9.91. The van der Waals surface area contributed by atoms with Crippen LogP contribution in [0.5, 0.6) is 0 Å². The van der Waals surface area contributed by atoms with Crippen molar-refractivity contribution >= 4 is 23.4 Å². The molecule has 2 heterocycles. The summed E-state index contributed by atoms with van der Waals surface area (Å²) in [5.74, 6) is 0.138. The number of hydrogen-bond donors (Lipinski definition) is 1. The number of para-hydroxylation sites is 1. The molecule has 1 aliphatic rings. The average molecular weight is 426 g/mol. The zero-order valence-corrected chi connectivity index (χ0v) is 17.6. The van der Waals surface area contributed by atoms with Gasteiger partial charge in [0.1, 0.15) is 5.82 Å². The molecule has 154 valence electrons. The molecule has 1 aromatic heterocycles. The Morgan fingerprint density at radius 3 is 2.67 bits per heavy atom. The monoisotopic (exact) mass is 425 g/mol. The van der Waals surface area contributed by atoms with E-state index in [9.17, 15) is 14.0 Å². The van der Waals surface area contributed by atoms with Gasteiger partial charge in [-0.25, -0.2) is 9.29 Å². The topological polar surface area (TPSA) is 69.9 Å². The van der Waals surface area contributed by atoms with Crippen LogP contribution in [0, 0.1) is 5.82 Å². The van der Waals surface area contributed by atoms with Crippen molar-refractivity contribution in [3.05, 3.63) is 70.3 Å². The molecule has 30 heavy (non-hydrogen) atoms. The van der Waals surface area contributed by atoms with Gasteiger partial charge >= 0.3 is 11.3 Å². The number of H-pyrrole nitrogens is 1. The van der Waals surface area contributed by atoms with Crippen molar-refractivity contribution in [2.24, 2.45) is 0 Å². The van der Waals surface area contributed by atoms with Crippen LogP contribution in [0.2, 0.25) is 0 Å². The third kappa shape index (κ3) is 3.41. The second kappa shape index (κ2) is 8.39. The maximum atomic E-state index is 14.9. The van der Waals surface area contributed by atoms with Crippen LogP contribution in [0.3, 0.4) is 0 Å². The summed E-state index contributed by atoms with van der Waals surface area (Å²) in [6, 6.07) is 13.5. The summed E-state index contributed by atoms with van der Waals surface area (Å²) in [5, 5.41) is 5.08. The lowest BCUT2D eigenvalue weighted by molar-refractivity contribution is -0.763. The number of carbonyl (C=O) groups is 1. The molecule has 2 aromatic carbocycles. The molecule has 0 unspecified atom stereocenters. The Labute approximate surface area is 177 Å². The van der Waals surface area contributed by atoms with Gasteiger partial charge in [-0.15, -0.1) is 0 Å². The van der Waals surface area contributed by atoms with Gasteiger partial charge < -0.3 is 0 Å². The van der Waals surface area contributed by atoms with Crippen molar-refractivity contribution in [2.45, 2.75) is 38.0 Å². The largest absolute Gasteiger partial charge is 0.325 e. The second-order valence-electron chi connectivity index (χ2n) is 6.93. The van der Waals surface area contributed by atoms with Crippen molar-refractivity contribution in [1.29, 1.82) is 0 Å². The van der Waals surface area contributed by atoms with Crippen LogP contribution in [-0.4, -0.2) is 21.7 Å². The molecule has 0 spiro atoms. The van der Waals surface area contributed by atoms with Gasteiger partial charge in [0.2, 0.25) is 11.1 Å². The zero-order valence-electron chi connectivity index (χ0n) is 16.8. The van der Waals surface area contributed by atoms with Crippen molar-refractivity contribution in [1.82, 2.24) is 10.1 Å².